The number of rotatable bonds is 5. The minimum atomic E-state index is -0.340. The van der Waals surface area contributed by atoms with E-state index in [2.05, 4.69) is 0 Å². The molecule has 0 bridgehead atoms. The topological polar surface area (TPSA) is 46.6 Å². The summed E-state index contributed by atoms with van der Waals surface area (Å²) < 4.78 is 6.15. The van der Waals surface area contributed by atoms with Gasteiger partial charge >= 0.3 is 0 Å². The van der Waals surface area contributed by atoms with Gasteiger partial charge in [0.25, 0.3) is 11.1 Å². The summed E-state index contributed by atoms with van der Waals surface area (Å²) in [6.45, 7) is 0.349. The zero-order valence-electron chi connectivity index (χ0n) is 17.4. The number of anilines is 1. The van der Waals surface area contributed by atoms with Gasteiger partial charge < -0.3 is 4.74 Å². The van der Waals surface area contributed by atoms with E-state index in [1.165, 1.54) is 4.90 Å². The Hall–Kier alpha value is -3.54. The molecule has 0 unspecified atom stereocenters. The molecule has 0 aromatic heterocycles. The molecule has 4 nitrogen and oxygen atoms in total. The van der Waals surface area contributed by atoms with Crippen molar-refractivity contribution in [1.82, 2.24) is 0 Å². The summed E-state index contributed by atoms with van der Waals surface area (Å²) in [6.07, 6.45) is 1.76. The van der Waals surface area contributed by atoms with Crippen LogP contribution in [0.1, 0.15) is 11.1 Å². The number of hydrogen-bond donors (Lipinski definition) is 0. The highest BCUT2D eigenvalue weighted by Gasteiger charge is 2.36. The van der Waals surface area contributed by atoms with Crippen LogP contribution < -0.4 is 9.64 Å². The summed E-state index contributed by atoms with van der Waals surface area (Å²) >= 11 is 6.91. The molecule has 0 N–H and O–H groups in total. The smallest absolute Gasteiger partial charge is 0.298 e. The summed E-state index contributed by atoms with van der Waals surface area (Å²) in [5.41, 5.74) is 2.30. The normalized spacial score (nSPS) is 14.9. The van der Waals surface area contributed by atoms with Crippen molar-refractivity contribution in [2.24, 2.45) is 0 Å². The lowest BCUT2D eigenvalue weighted by Crippen LogP contribution is -2.27. The number of fused-ring (bicyclic) bond motifs is 1. The van der Waals surface area contributed by atoms with E-state index < -0.39 is 0 Å². The molecule has 1 heterocycles. The molecule has 1 fully saturated rings. The summed E-state index contributed by atoms with van der Waals surface area (Å²) in [4.78, 5) is 27.4. The number of para-hydroxylation sites is 1. The fourth-order valence-corrected chi connectivity index (χ4v) is 4.64. The van der Waals surface area contributed by atoms with Crippen LogP contribution in [0.5, 0.6) is 5.75 Å². The van der Waals surface area contributed by atoms with Crippen LogP contribution in [0.4, 0.5) is 10.5 Å². The standard InChI is InChI=1S/C27H18ClNO3S/c28-20-13-10-18(11-14-20)17-32-24-15-12-19-6-4-5-9-22(19)23(24)16-25-26(30)29(27(31)33-25)21-7-2-1-3-8-21/h1-16H,17H2/b25-16+. The predicted octanol–water partition coefficient (Wildman–Crippen LogP) is 7.31. The van der Waals surface area contributed by atoms with Crippen LogP contribution in [-0.2, 0) is 11.4 Å². The molecule has 0 radical (unpaired) electrons. The second-order valence-corrected chi connectivity index (χ2v) is 8.90. The van der Waals surface area contributed by atoms with Crippen molar-refractivity contribution in [3.8, 4) is 5.75 Å². The lowest BCUT2D eigenvalue weighted by molar-refractivity contribution is -0.113. The Labute approximate surface area is 200 Å². The van der Waals surface area contributed by atoms with E-state index in [1.807, 2.05) is 66.7 Å². The Morgan fingerprint density at radius 3 is 2.36 bits per heavy atom. The Morgan fingerprint density at radius 1 is 0.848 bits per heavy atom. The van der Waals surface area contributed by atoms with Crippen molar-refractivity contribution in [3.63, 3.8) is 0 Å². The van der Waals surface area contributed by atoms with Crippen LogP contribution in [0.3, 0.4) is 0 Å². The van der Waals surface area contributed by atoms with Gasteiger partial charge in [0.1, 0.15) is 12.4 Å². The highest BCUT2D eigenvalue weighted by molar-refractivity contribution is 8.19. The highest BCUT2D eigenvalue weighted by atomic mass is 35.5. The summed E-state index contributed by atoms with van der Waals surface area (Å²) in [6, 6.07) is 28.2. The number of amides is 2. The zero-order valence-corrected chi connectivity index (χ0v) is 19.0. The average Bonchev–Trinajstić information content (AvgIpc) is 3.12. The predicted molar refractivity (Wildman–Crippen MR) is 135 cm³/mol. The lowest BCUT2D eigenvalue weighted by Gasteiger charge is -2.13. The molecule has 6 heteroatoms. The monoisotopic (exact) mass is 471 g/mol. The number of hydrogen-bond acceptors (Lipinski definition) is 4. The van der Waals surface area contributed by atoms with Gasteiger partial charge in [-0.15, -0.1) is 0 Å². The molecule has 4 aromatic rings. The Morgan fingerprint density at radius 2 is 1.58 bits per heavy atom. The summed E-state index contributed by atoms with van der Waals surface area (Å²) in [5, 5.41) is 2.31. The molecule has 0 saturated carbocycles. The zero-order chi connectivity index (χ0) is 22.8. The number of thioether (sulfide) groups is 1. The number of benzene rings is 4. The highest BCUT2D eigenvalue weighted by Crippen LogP contribution is 2.38. The first-order valence-electron chi connectivity index (χ1n) is 10.3. The van der Waals surface area contributed by atoms with Gasteiger partial charge in [0.05, 0.1) is 10.6 Å². The number of carbonyl (C=O) groups excluding carboxylic acids is 2. The summed E-state index contributed by atoms with van der Waals surface area (Å²) in [5.74, 6) is 0.294. The van der Waals surface area contributed by atoms with E-state index >= 15 is 0 Å². The van der Waals surface area contributed by atoms with Gasteiger partial charge in [-0.05, 0) is 64.5 Å². The van der Waals surface area contributed by atoms with Crippen molar-refractivity contribution in [1.29, 1.82) is 0 Å². The number of nitrogens with zero attached hydrogens (tertiary/aromatic N) is 1. The van der Waals surface area contributed by atoms with E-state index in [0.717, 1.165) is 33.7 Å². The molecule has 1 saturated heterocycles. The van der Waals surface area contributed by atoms with Crippen molar-refractivity contribution < 1.29 is 14.3 Å². The molecule has 4 aromatic carbocycles. The number of halogens is 1. The van der Waals surface area contributed by atoms with Gasteiger partial charge in [-0.2, -0.15) is 0 Å². The van der Waals surface area contributed by atoms with Crippen LogP contribution in [0.25, 0.3) is 16.8 Å². The van der Waals surface area contributed by atoms with Crippen LogP contribution >= 0.6 is 23.4 Å². The molecule has 1 aliphatic rings. The number of carbonyl (C=O) groups is 2. The van der Waals surface area contributed by atoms with E-state index in [9.17, 15) is 9.59 Å². The SMILES string of the molecule is O=C1S/C(=C/c2c(OCc3ccc(Cl)cc3)ccc3ccccc23)C(=O)N1c1ccccc1. The van der Waals surface area contributed by atoms with E-state index in [4.69, 9.17) is 16.3 Å². The second-order valence-electron chi connectivity index (χ2n) is 7.47. The van der Waals surface area contributed by atoms with Crippen molar-refractivity contribution in [3.05, 3.63) is 112 Å². The molecule has 0 spiro atoms. The van der Waals surface area contributed by atoms with Crippen molar-refractivity contribution >= 4 is 57.0 Å². The van der Waals surface area contributed by atoms with E-state index in [1.54, 1.807) is 30.3 Å². The van der Waals surface area contributed by atoms with Crippen LogP contribution in [-0.4, -0.2) is 11.1 Å². The minimum absolute atomic E-state index is 0.318. The molecule has 162 valence electrons. The number of ether oxygens (including phenoxy) is 1. The van der Waals surface area contributed by atoms with Gasteiger partial charge in [0.15, 0.2) is 0 Å². The maximum atomic E-state index is 13.1. The van der Waals surface area contributed by atoms with Crippen molar-refractivity contribution in [2.75, 3.05) is 4.90 Å². The molecular weight excluding hydrogens is 454 g/mol. The minimum Gasteiger partial charge on any atom is -0.488 e. The van der Waals surface area contributed by atoms with Gasteiger partial charge in [-0.3, -0.25) is 9.59 Å². The fourth-order valence-electron chi connectivity index (χ4n) is 3.69. The first-order chi connectivity index (χ1) is 16.1. The maximum absolute atomic E-state index is 13.1. The fraction of sp³-hybridized carbons (Fsp3) is 0.0370. The average molecular weight is 472 g/mol. The van der Waals surface area contributed by atoms with Gasteiger partial charge in [0, 0.05) is 10.6 Å². The second kappa shape index (κ2) is 9.14. The van der Waals surface area contributed by atoms with Crippen LogP contribution in [0.15, 0.2) is 95.9 Å². The molecular formula is C27H18ClNO3S. The molecule has 0 atom stereocenters. The molecule has 33 heavy (non-hydrogen) atoms. The lowest BCUT2D eigenvalue weighted by atomic mass is 10.0. The first kappa shape index (κ1) is 21.3. The molecule has 5 rings (SSSR count). The third kappa shape index (κ3) is 4.38. The molecule has 0 aliphatic carbocycles. The van der Waals surface area contributed by atoms with Gasteiger partial charge in [-0.1, -0.05) is 72.3 Å². The van der Waals surface area contributed by atoms with E-state index in [0.29, 0.717) is 28.0 Å². The first-order valence-corrected chi connectivity index (χ1v) is 11.5. The van der Waals surface area contributed by atoms with Crippen LogP contribution in [0, 0.1) is 0 Å². The van der Waals surface area contributed by atoms with E-state index in [-0.39, 0.29) is 11.1 Å². The van der Waals surface area contributed by atoms with Gasteiger partial charge in [-0.25, -0.2) is 4.90 Å². The third-order valence-electron chi connectivity index (χ3n) is 5.32. The Balaban J connectivity index is 1.53. The van der Waals surface area contributed by atoms with Crippen LogP contribution in [0.2, 0.25) is 5.02 Å². The Kier molecular flexibility index (Phi) is 5.90. The largest absolute Gasteiger partial charge is 0.488 e. The number of imide groups is 1. The maximum Gasteiger partial charge on any atom is 0.298 e. The molecule has 2 amide bonds. The quantitative estimate of drug-likeness (QED) is 0.286. The summed E-state index contributed by atoms with van der Waals surface area (Å²) in [7, 11) is 0. The molecule has 1 aliphatic heterocycles. The Bertz CT molecular complexity index is 1380. The van der Waals surface area contributed by atoms with Gasteiger partial charge in [0.2, 0.25) is 0 Å². The third-order valence-corrected chi connectivity index (χ3v) is 6.44. The van der Waals surface area contributed by atoms with Crippen molar-refractivity contribution in [2.45, 2.75) is 6.61 Å².